The summed E-state index contributed by atoms with van der Waals surface area (Å²) in [6.45, 7) is 5.47. The quantitative estimate of drug-likeness (QED) is 0.678. The van der Waals surface area contributed by atoms with Gasteiger partial charge in [0.15, 0.2) is 0 Å². The molecule has 1 N–H and O–H groups in total. The van der Waals surface area contributed by atoms with E-state index in [1.54, 1.807) is 0 Å². The summed E-state index contributed by atoms with van der Waals surface area (Å²) in [7, 11) is 0. The molecule has 0 spiro atoms. The van der Waals surface area contributed by atoms with E-state index < -0.39 is 0 Å². The van der Waals surface area contributed by atoms with E-state index >= 15 is 0 Å². The van der Waals surface area contributed by atoms with Crippen molar-refractivity contribution in [1.29, 1.82) is 0 Å². The van der Waals surface area contributed by atoms with E-state index in [1.165, 1.54) is 25.9 Å². The van der Waals surface area contributed by atoms with Gasteiger partial charge in [0, 0.05) is 19.0 Å². The van der Waals surface area contributed by atoms with Crippen LogP contribution in [-0.2, 0) is 4.79 Å². The van der Waals surface area contributed by atoms with Gasteiger partial charge in [0.2, 0.25) is 5.91 Å². The molecule has 0 aromatic carbocycles. The van der Waals surface area contributed by atoms with Crippen LogP contribution in [-0.4, -0.2) is 36.5 Å². The predicted molar refractivity (Wildman–Crippen MR) is 51.4 cm³/mol. The molecule has 3 fully saturated rings. The minimum Gasteiger partial charge on any atom is -0.352 e. The van der Waals surface area contributed by atoms with Gasteiger partial charge in [0.05, 0.1) is 0 Å². The topological polar surface area (TPSA) is 32.3 Å². The van der Waals surface area contributed by atoms with Crippen LogP contribution in [0.4, 0.5) is 0 Å². The van der Waals surface area contributed by atoms with Crippen molar-refractivity contribution in [2.75, 3.05) is 19.6 Å². The number of amides is 1. The Bertz CT molecular complexity index is 197. The molecule has 13 heavy (non-hydrogen) atoms. The summed E-state index contributed by atoms with van der Waals surface area (Å²) in [5, 5.41) is 3.12. The van der Waals surface area contributed by atoms with Crippen molar-refractivity contribution in [3.05, 3.63) is 0 Å². The molecule has 0 saturated carbocycles. The lowest BCUT2D eigenvalue weighted by Crippen LogP contribution is -2.57. The monoisotopic (exact) mass is 182 g/mol. The molecule has 0 aromatic rings. The first-order valence-corrected chi connectivity index (χ1v) is 5.31. The van der Waals surface area contributed by atoms with E-state index in [4.69, 9.17) is 0 Å². The van der Waals surface area contributed by atoms with Crippen LogP contribution in [0.25, 0.3) is 0 Å². The second kappa shape index (κ2) is 3.66. The third-order valence-corrected chi connectivity index (χ3v) is 3.32. The normalized spacial score (nSPS) is 37.5. The first kappa shape index (κ1) is 9.00. The van der Waals surface area contributed by atoms with Crippen molar-refractivity contribution in [3.63, 3.8) is 0 Å². The maximum absolute atomic E-state index is 11.2. The Hall–Kier alpha value is -0.570. The second-order valence-corrected chi connectivity index (χ2v) is 4.17. The zero-order chi connectivity index (χ0) is 9.26. The van der Waals surface area contributed by atoms with Crippen LogP contribution >= 0.6 is 0 Å². The van der Waals surface area contributed by atoms with Crippen LogP contribution in [0, 0.1) is 5.92 Å². The van der Waals surface area contributed by atoms with Crippen molar-refractivity contribution >= 4 is 5.91 Å². The van der Waals surface area contributed by atoms with E-state index in [0.29, 0.717) is 12.5 Å². The molecule has 3 rings (SSSR count). The molecular formula is C10H18N2O. The van der Waals surface area contributed by atoms with Crippen LogP contribution in [0.15, 0.2) is 0 Å². The van der Waals surface area contributed by atoms with E-state index in [9.17, 15) is 4.79 Å². The maximum Gasteiger partial charge on any atom is 0.219 e. The first-order chi connectivity index (χ1) is 6.29. The number of carbonyl (C=O) groups excluding carboxylic acids is 1. The van der Waals surface area contributed by atoms with Crippen molar-refractivity contribution in [3.8, 4) is 0 Å². The Balaban J connectivity index is 1.90. The first-order valence-electron chi connectivity index (χ1n) is 5.31. The lowest BCUT2D eigenvalue weighted by molar-refractivity contribution is -0.122. The smallest absolute Gasteiger partial charge is 0.219 e. The molecule has 3 heterocycles. The van der Waals surface area contributed by atoms with Crippen molar-refractivity contribution in [2.24, 2.45) is 5.92 Å². The number of fused-ring (bicyclic) bond motifs is 3. The third kappa shape index (κ3) is 1.85. The van der Waals surface area contributed by atoms with Gasteiger partial charge in [-0.2, -0.15) is 0 Å². The number of carbonyl (C=O) groups is 1. The van der Waals surface area contributed by atoms with Gasteiger partial charge in [-0.15, -0.1) is 0 Å². The molecule has 0 unspecified atom stereocenters. The highest BCUT2D eigenvalue weighted by atomic mass is 16.1. The number of rotatable bonds is 2. The molecule has 3 aliphatic rings. The molecule has 3 nitrogen and oxygen atoms in total. The Kier molecular flexibility index (Phi) is 2.54. The van der Waals surface area contributed by atoms with Crippen LogP contribution in [0.1, 0.15) is 26.2 Å². The lowest BCUT2D eigenvalue weighted by Gasteiger charge is -2.44. The average molecular weight is 182 g/mol. The highest BCUT2D eigenvalue weighted by molar-refractivity contribution is 5.75. The average Bonchev–Trinajstić information content (AvgIpc) is 2.19. The van der Waals surface area contributed by atoms with Gasteiger partial charge in [-0.05, 0) is 31.8 Å². The molecule has 2 bridgehead atoms. The molecular weight excluding hydrogens is 164 g/mol. The van der Waals surface area contributed by atoms with E-state index in [0.717, 1.165) is 12.5 Å². The molecule has 3 aliphatic heterocycles. The number of nitrogens with one attached hydrogen (secondary N) is 1. The van der Waals surface area contributed by atoms with Crippen LogP contribution in [0.5, 0.6) is 0 Å². The number of hydrogen-bond donors (Lipinski definition) is 1. The molecule has 3 saturated heterocycles. The summed E-state index contributed by atoms with van der Waals surface area (Å²) >= 11 is 0. The van der Waals surface area contributed by atoms with Crippen molar-refractivity contribution < 1.29 is 4.79 Å². The van der Waals surface area contributed by atoms with Gasteiger partial charge in [0.25, 0.3) is 0 Å². The fourth-order valence-electron chi connectivity index (χ4n) is 2.44. The van der Waals surface area contributed by atoms with Gasteiger partial charge in [-0.25, -0.2) is 0 Å². The zero-order valence-electron chi connectivity index (χ0n) is 8.25. The zero-order valence-corrected chi connectivity index (χ0v) is 8.25. The van der Waals surface area contributed by atoms with Crippen LogP contribution in [0.3, 0.4) is 0 Å². The Morgan fingerprint density at radius 1 is 1.46 bits per heavy atom. The fraction of sp³-hybridized carbons (Fsp3) is 0.900. The molecule has 1 amide bonds. The summed E-state index contributed by atoms with van der Waals surface area (Å²) in [5.41, 5.74) is 0. The van der Waals surface area contributed by atoms with Crippen molar-refractivity contribution in [2.45, 2.75) is 32.2 Å². The van der Waals surface area contributed by atoms with E-state index in [1.807, 2.05) is 6.92 Å². The largest absolute Gasteiger partial charge is 0.352 e. The van der Waals surface area contributed by atoms with Gasteiger partial charge >= 0.3 is 0 Å². The standard InChI is InChI=1S/C10H18N2O/c1-2-10(13)11-9-7-12-5-3-8(9)4-6-12/h8-9H,2-7H2,1H3,(H,11,13)/t9-/m1/s1. The summed E-state index contributed by atoms with van der Waals surface area (Å²) in [6, 6.07) is 0.440. The molecule has 74 valence electrons. The SMILES string of the molecule is CCC(=O)N[C@@H]1CN2CCC1CC2. The Labute approximate surface area is 79.5 Å². The maximum atomic E-state index is 11.2. The van der Waals surface area contributed by atoms with Crippen LogP contribution < -0.4 is 5.32 Å². The fourth-order valence-corrected chi connectivity index (χ4v) is 2.44. The number of nitrogens with zero attached hydrogens (tertiary/aromatic N) is 1. The Morgan fingerprint density at radius 3 is 2.62 bits per heavy atom. The van der Waals surface area contributed by atoms with Gasteiger partial charge < -0.3 is 10.2 Å². The minimum atomic E-state index is 0.207. The predicted octanol–water partition coefficient (Wildman–Crippen LogP) is 0.607. The highest BCUT2D eigenvalue weighted by Gasteiger charge is 2.34. The molecule has 0 aliphatic carbocycles. The molecule has 0 radical (unpaired) electrons. The van der Waals surface area contributed by atoms with E-state index in [-0.39, 0.29) is 5.91 Å². The van der Waals surface area contributed by atoms with Crippen molar-refractivity contribution in [1.82, 2.24) is 10.2 Å². The summed E-state index contributed by atoms with van der Waals surface area (Å²) < 4.78 is 0. The lowest BCUT2D eigenvalue weighted by atomic mass is 9.84. The Morgan fingerprint density at radius 2 is 2.15 bits per heavy atom. The van der Waals surface area contributed by atoms with Crippen LogP contribution in [0.2, 0.25) is 0 Å². The van der Waals surface area contributed by atoms with Gasteiger partial charge in [0.1, 0.15) is 0 Å². The minimum absolute atomic E-state index is 0.207. The van der Waals surface area contributed by atoms with E-state index in [2.05, 4.69) is 10.2 Å². The third-order valence-electron chi connectivity index (χ3n) is 3.32. The number of hydrogen-bond acceptors (Lipinski definition) is 2. The molecule has 0 aromatic heterocycles. The summed E-state index contributed by atoms with van der Waals surface area (Å²) in [6.07, 6.45) is 3.16. The second-order valence-electron chi connectivity index (χ2n) is 4.17. The summed E-state index contributed by atoms with van der Waals surface area (Å²) in [5.74, 6) is 0.958. The highest BCUT2D eigenvalue weighted by Crippen LogP contribution is 2.27. The summed E-state index contributed by atoms with van der Waals surface area (Å²) in [4.78, 5) is 13.7. The number of piperidine rings is 3. The molecule has 3 heteroatoms. The van der Waals surface area contributed by atoms with Gasteiger partial charge in [-0.1, -0.05) is 6.92 Å². The molecule has 1 atom stereocenters. The van der Waals surface area contributed by atoms with Gasteiger partial charge in [-0.3, -0.25) is 4.79 Å².